The van der Waals surface area contributed by atoms with Crippen molar-refractivity contribution >= 4 is 47.7 Å². The number of rotatable bonds is 3. The molecule has 0 aliphatic rings. The Morgan fingerprint density at radius 2 is 2.00 bits per heavy atom. The number of nitrogens with one attached hydrogen (secondary N) is 1. The summed E-state index contributed by atoms with van der Waals surface area (Å²) in [6, 6.07) is 2.98. The number of anilines is 1. The molecule has 0 saturated heterocycles. The first-order valence-electron chi connectivity index (χ1n) is 4.60. The van der Waals surface area contributed by atoms with E-state index < -0.39 is 10.0 Å². The highest BCUT2D eigenvalue weighted by Gasteiger charge is 2.17. The topological polar surface area (TPSA) is 84.8 Å². The zero-order valence-electron chi connectivity index (χ0n) is 8.71. The van der Waals surface area contributed by atoms with E-state index in [0.717, 1.165) is 0 Å². The standard InChI is InChI=1S/C9H6Br2N4O2S/c10-7-5-13-9(8(11)14-7)15-18(16,17)6-2-1-3-12-4-6/h1-5H,(H,13,15). The zero-order valence-corrected chi connectivity index (χ0v) is 12.7. The van der Waals surface area contributed by atoms with Gasteiger partial charge >= 0.3 is 0 Å². The third kappa shape index (κ3) is 3.03. The van der Waals surface area contributed by atoms with Crippen molar-refractivity contribution < 1.29 is 8.42 Å². The number of pyridine rings is 1. The van der Waals surface area contributed by atoms with Crippen molar-refractivity contribution in [3.8, 4) is 0 Å². The maximum Gasteiger partial charge on any atom is 0.264 e. The lowest BCUT2D eigenvalue weighted by atomic mass is 10.5. The SMILES string of the molecule is O=S(=O)(Nc1ncc(Br)nc1Br)c1cccnc1. The zero-order chi connectivity index (χ0) is 13.2. The van der Waals surface area contributed by atoms with Crippen LogP contribution in [0.4, 0.5) is 5.82 Å². The number of hydrogen-bond acceptors (Lipinski definition) is 5. The molecule has 2 heterocycles. The number of sulfonamides is 1. The predicted molar refractivity (Wildman–Crippen MR) is 72.5 cm³/mol. The van der Waals surface area contributed by atoms with Crippen LogP contribution in [0.5, 0.6) is 0 Å². The predicted octanol–water partition coefficient (Wildman–Crippen LogP) is 2.20. The van der Waals surface area contributed by atoms with E-state index in [-0.39, 0.29) is 10.7 Å². The molecule has 0 atom stereocenters. The second-order valence-electron chi connectivity index (χ2n) is 3.13. The van der Waals surface area contributed by atoms with Crippen LogP contribution in [-0.2, 0) is 10.0 Å². The minimum absolute atomic E-state index is 0.0571. The lowest BCUT2D eigenvalue weighted by molar-refractivity contribution is 0.600. The van der Waals surface area contributed by atoms with Crippen LogP contribution in [0.25, 0.3) is 0 Å². The summed E-state index contributed by atoms with van der Waals surface area (Å²) in [7, 11) is -3.71. The van der Waals surface area contributed by atoms with Gasteiger partial charge in [-0.2, -0.15) is 0 Å². The van der Waals surface area contributed by atoms with Crippen LogP contribution in [0.1, 0.15) is 0 Å². The fourth-order valence-electron chi connectivity index (χ4n) is 1.11. The number of halogens is 2. The fourth-order valence-corrected chi connectivity index (χ4v) is 3.13. The van der Waals surface area contributed by atoms with Crippen molar-refractivity contribution in [1.82, 2.24) is 15.0 Å². The fraction of sp³-hybridized carbons (Fsp3) is 0. The molecular weight excluding hydrogens is 388 g/mol. The number of hydrogen-bond donors (Lipinski definition) is 1. The Labute approximate surface area is 120 Å². The molecule has 0 aliphatic carbocycles. The van der Waals surface area contributed by atoms with Gasteiger partial charge in [0.25, 0.3) is 10.0 Å². The largest absolute Gasteiger partial charge is 0.264 e. The van der Waals surface area contributed by atoms with Crippen molar-refractivity contribution in [3.05, 3.63) is 39.9 Å². The Morgan fingerprint density at radius 1 is 1.22 bits per heavy atom. The molecule has 2 aromatic rings. The van der Waals surface area contributed by atoms with Crippen molar-refractivity contribution in [2.45, 2.75) is 4.90 Å². The highest BCUT2D eigenvalue weighted by Crippen LogP contribution is 2.22. The van der Waals surface area contributed by atoms with Crippen LogP contribution in [-0.4, -0.2) is 23.4 Å². The summed E-state index contributed by atoms with van der Waals surface area (Å²) in [5.74, 6) is 0.113. The summed E-state index contributed by atoms with van der Waals surface area (Å²) >= 11 is 6.26. The Bertz CT molecular complexity index is 664. The Morgan fingerprint density at radius 3 is 2.61 bits per heavy atom. The molecule has 0 spiro atoms. The third-order valence-electron chi connectivity index (χ3n) is 1.88. The van der Waals surface area contributed by atoms with Crippen molar-refractivity contribution in [2.75, 3.05) is 4.72 Å². The van der Waals surface area contributed by atoms with Gasteiger partial charge in [-0.25, -0.2) is 18.4 Å². The lowest BCUT2D eigenvalue weighted by Gasteiger charge is -2.07. The molecule has 2 aromatic heterocycles. The monoisotopic (exact) mass is 392 g/mol. The van der Waals surface area contributed by atoms with Gasteiger partial charge in [0.15, 0.2) is 10.4 Å². The Hall–Kier alpha value is -1.06. The van der Waals surface area contributed by atoms with Crippen molar-refractivity contribution in [1.29, 1.82) is 0 Å². The minimum atomic E-state index is -3.71. The maximum atomic E-state index is 12.0. The van der Waals surface area contributed by atoms with Crippen molar-refractivity contribution in [3.63, 3.8) is 0 Å². The summed E-state index contributed by atoms with van der Waals surface area (Å²) in [6.07, 6.45) is 4.14. The van der Waals surface area contributed by atoms with Crippen LogP contribution in [0.3, 0.4) is 0 Å². The second kappa shape index (κ2) is 5.29. The van der Waals surface area contributed by atoms with Crippen LogP contribution >= 0.6 is 31.9 Å². The third-order valence-corrected chi connectivity index (χ3v) is 4.14. The Balaban J connectivity index is 2.34. The average Bonchev–Trinajstić information content (AvgIpc) is 2.34. The second-order valence-corrected chi connectivity index (χ2v) is 6.37. The van der Waals surface area contributed by atoms with Crippen LogP contribution in [0, 0.1) is 0 Å². The first-order chi connectivity index (χ1) is 8.49. The normalized spacial score (nSPS) is 11.2. The van der Waals surface area contributed by atoms with E-state index in [4.69, 9.17) is 0 Å². The molecule has 0 aliphatic heterocycles. The van der Waals surface area contributed by atoms with E-state index in [1.165, 1.54) is 30.7 Å². The summed E-state index contributed by atoms with van der Waals surface area (Å²) in [6.45, 7) is 0. The molecule has 0 aromatic carbocycles. The molecule has 0 radical (unpaired) electrons. The first kappa shape index (κ1) is 13.4. The molecule has 0 unspecified atom stereocenters. The van der Waals surface area contributed by atoms with Gasteiger partial charge in [-0.15, -0.1) is 0 Å². The van der Waals surface area contributed by atoms with Crippen LogP contribution < -0.4 is 4.72 Å². The minimum Gasteiger partial charge on any atom is -0.263 e. The molecule has 0 amide bonds. The molecule has 94 valence electrons. The van der Waals surface area contributed by atoms with E-state index in [9.17, 15) is 8.42 Å². The lowest BCUT2D eigenvalue weighted by Crippen LogP contribution is -2.14. The summed E-state index contributed by atoms with van der Waals surface area (Å²) in [5.41, 5.74) is 0. The summed E-state index contributed by atoms with van der Waals surface area (Å²) in [5, 5.41) is 0. The maximum absolute atomic E-state index is 12.0. The smallest absolute Gasteiger partial charge is 0.263 e. The van der Waals surface area contributed by atoms with Gasteiger partial charge in [0.05, 0.1) is 6.20 Å². The van der Waals surface area contributed by atoms with Crippen molar-refractivity contribution in [2.24, 2.45) is 0 Å². The van der Waals surface area contributed by atoms with E-state index in [1.54, 1.807) is 0 Å². The summed E-state index contributed by atoms with van der Waals surface area (Å²) in [4.78, 5) is 11.7. The molecule has 0 saturated carbocycles. The van der Waals surface area contributed by atoms with E-state index >= 15 is 0 Å². The average molecular weight is 394 g/mol. The van der Waals surface area contributed by atoms with Gasteiger partial charge < -0.3 is 0 Å². The molecule has 6 nitrogen and oxygen atoms in total. The van der Waals surface area contributed by atoms with E-state index in [1.807, 2.05) is 0 Å². The van der Waals surface area contributed by atoms with Gasteiger partial charge in [0.2, 0.25) is 0 Å². The van der Waals surface area contributed by atoms with Gasteiger partial charge in [0, 0.05) is 12.4 Å². The summed E-state index contributed by atoms with van der Waals surface area (Å²) < 4.78 is 27.1. The van der Waals surface area contributed by atoms with Crippen LogP contribution in [0.2, 0.25) is 0 Å². The highest BCUT2D eigenvalue weighted by atomic mass is 79.9. The van der Waals surface area contributed by atoms with Gasteiger partial charge in [-0.05, 0) is 44.0 Å². The number of aromatic nitrogens is 3. The van der Waals surface area contributed by atoms with Gasteiger partial charge in [-0.1, -0.05) is 0 Å². The molecule has 18 heavy (non-hydrogen) atoms. The molecular formula is C9H6Br2N4O2S. The first-order valence-corrected chi connectivity index (χ1v) is 7.67. The van der Waals surface area contributed by atoms with E-state index in [0.29, 0.717) is 9.21 Å². The van der Waals surface area contributed by atoms with E-state index in [2.05, 4.69) is 51.5 Å². The quantitative estimate of drug-likeness (QED) is 0.863. The van der Waals surface area contributed by atoms with Gasteiger partial charge in [0.1, 0.15) is 9.50 Å². The molecule has 1 N–H and O–H groups in total. The van der Waals surface area contributed by atoms with Crippen LogP contribution in [0.15, 0.2) is 44.8 Å². The molecule has 9 heteroatoms. The molecule has 0 fully saturated rings. The molecule has 2 rings (SSSR count). The highest BCUT2D eigenvalue weighted by molar-refractivity contribution is 9.11. The van der Waals surface area contributed by atoms with Gasteiger partial charge in [-0.3, -0.25) is 9.71 Å². The number of nitrogens with zero attached hydrogens (tertiary/aromatic N) is 3. The molecule has 0 bridgehead atoms. The Kier molecular flexibility index (Phi) is 3.93.